The molecule has 0 spiro atoms. The zero-order valence-corrected chi connectivity index (χ0v) is 23.2. The van der Waals surface area contributed by atoms with E-state index in [0.717, 1.165) is 12.5 Å². The van der Waals surface area contributed by atoms with Crippen molar-refractivity contribution >= 4 is 41.1 Å². The van der Waals surface area contributed by atoms with E-state index >= 15 is 0 Å². The Balaban J connectivity index is 1.81. The molecule has 3 aliphatic carbocycles. The molecule has 1 aromatic carbocycles. The molecule has 0 aromatic heterocycles. The van der Waals surface area contributed by atoms with Gasteiger partial charge in [-0.05, 0) is 38.1 Å². The van der Waals surface area contributed by atoms with Crippen molar-refractivity contribution in [2.75, 3.05) is 20.7 Å². The number of fused-ring (bicyclic) bond motifs is 3. The minimum Gasteiger partial charge on any atom is -0.507 e. The van der Waals surface area contributed by atoms with Crippen LogP contribution in [0, 0.1) is 23.7 Å². The number of likely N-dealkylation sites (N-methyl/N-ethyl adjacent to an activating group) is 1. The molecular weight excluding hydrogens is 536 g/mol. The van der Waals surface area contributed by atoms with Gasteiger partial charge in [-0.3, -0.25) is 28.9 Å². The first-order valence-corrected chi connectivity index (χ1v) is 13.4. The highest BCUT2D eigenvalue weighted by atomic mass is 16.5. The molecule has 41 heavy (non-hydrogen) atoms. The number of rotatable bonds is 7. The number of nitrogens with two attached hydrogens (primary N) is 1. The average Bonchev–Trinajstić information content (AvgIpc) is 2.90. The first-order valence-electron chi connectivity index (χ1n) is 13.4. The van der Waals surface area contributed by atoms with E-state index in [1.165, 1.54) is 37.2 Å². The van der Waals surface area contributed by atoms with Gasteiger partial charge in [0.15, 0.2) is 34.7 Å². The Morgan fingerprint density at radius 1 is 1.15 bits per heavy atom. The van der Waals surface area contributed by atoms with Crippen LogP contribution in [0.3, 0.4) is 0 Å². The number of unbranched alkanes of at least 4 members (excludes halogenated alkanes) is 1. The molecule has 0 saturated heterocycles. The monoisotopic (exact) mass is 570 g/mol. The molecule has 12 nitrogen and oxygen atoms in total. The molecule has 0 radical (unpaired) electrons. The number of phenolic OH excluding ortho intramolecular Hbond substituents is 1. The highest BCUT2D eigenvalue weighted by molar-refractivity contribution is 6.32. The lowest BCUT2D eigenvalue weighted by Gasteiger charge is -2.56. The number of aromatic hydroxyl groups is 1. The number of aliphatic hydroxyl groups is 2. The second-order valence-corrected chi connectivity index (χ2v) is 11.2. The predicted molar refractivity (Wildman–Crippen MR) is 142 cm³/mol. The van der Waals surface area contributed by atoms with Gasteiger partial charge < -0.3 is 25.8 Å². The predicted octanol–water partition coefficient (Wildman–Crippen LogP) is -0.245. The number of carbonyl (C=O) groups excluding carboxylic acids is 6. The number of benzene rings is 1. The molecule has 1 amide bonds. The van der Waals surface area contributed by atoms with Crippen molar-refractivity contribution in [3.8, 4) is 5.75 Å². The zero-order chi connectivity index (χ0) is 30.5. The number of phenols is 1. The largest absolute Gasteiger partial charge is 0.507 e. The Morgan fingerprint density at radius 2 is 1.80 bits per heavy atom. The SMILES string of the molecule is CCCCOC(=O)C=Cc1ccc2c(c1O)C(=O)C1C(=O)[C@@]3(O)C(=O)C(C(N)=O)C(=O)[C@H](N(C)C)[C@H]3[C@H](O)[C@H]1[C@@H]2C. The van der Waals surface area contributed by atoms with Crippen molar-refractivity contribution in [3.05, 3.63) is 34.9 Å². The second-order valence-electron chi connectivity index (χ2n) is 11.2. The van der Waals surface area contributed by atoms with E-state index in [0.29, 0.717) is 12.0 Å². The number of Topliss-reactive ketones (excluding diaryl/α,β-unsaturated/α-hetero) is 4. The molecule has 1 aromatic rings. The van der Waals surface area contributed by atoms with Crippen LogP contribution in [0.2, 0.25) is 0 Å². The molecule has 0 bridgehead atoms. The summed E-state index contributed by atoms with van der Waals surface area (Å²) in [6, 6.07) is 1.56. The van der Waals surface area contributed by atoms with Crippen LogP contribution in [0.5, 0.6) is 5.75 Å². The van der Waals surface area contributed by atoms with Gasteiger partial charge in [0.2, 0.25) is 5.91 Å². The number of ketones is 4. The summed E-state index contributed by atoms with van der Waals surface area (Å²) in [7, 11) is 2.86. The molecule has 5 N–H and O–H groups in total. The molecule has 12 heteroatoms. The first kappa shape index (κ1) is 30.2. The van der Waals surface area contributed by atoms with Crippen LogP contribution < -0.4 is 5.73 Å². The lowest BCUT2D eigenvalue weighted by atomic mass is 9.49. The maximum Gasteiger partial charge on any atom is 0.330 e. The highest BCUT2D eigenvalue weighted by Gasteiger charge is 2.72. The number of amides is 1. The second kappa shape index (κ2) is 10.9. The number of primary amides is 1. The molecule has 4 rings (SSSR count). The summed E-state index contributed by atoms with van der Waals surface area (Å²) in [5.41, 5.74) is 2.38. The van der Waals surface area contributed by atoms with Crippen molar-refractivity contribution in [1.29, 1.82) is 0 Å². The van der Waals surface area contributed by atoms with E-state index in [9.17, 15) is 44.1 Å². The van der Waals surface area contributed by atoms with Crippen LogP contribution in [-0.2, 0) is 28.7 Å². The van der Waals surface area contributed by atoms with Crippen LogP contribution in [0.15, 0.2) is 18.2 Å². The van der Waals surface area contributed by atoms with Gasteiger partial charge in [-0.2, -0.15) is 0 Å². The van der Waals surface area contributed by atoms with Gasteiger partial charge in [-0.1, -0.05) is 32.4 Å². The van der Waals surface area contributed by atoms with Crippen LogP contribution in [-0.4, -0.2) is 93.7 Å². The van der Waals surface area contributed by atoms with Crippen LogP contribution >= 0.6 is 0 Å². The number of nitrogens with zero attached hydrogens (tertiary/aromatic N) is 1. The maximum atomic E-state index is 14.0. The summed E-state index contributed by atoms with van der Waals surface area (Å²) in [4.78, 5) is 79.8. The lowest BCUT2D eigenvalue weighted by molar-refractivity contribution is -0.196. The lowest BCUT2D eigenvalue weighted by Crippen LogP contribution is -2.77. The van der Waals surface area contributed by atoms with Gasteiger partial charge in [-0.15, -0.1) is 0 Å². The maximum absolute atomic E-state index is 14.0. The quantitative estimate of drug-likeness (QED) is 0.146. The third-order valence-electron chi connectivity index (χ3n) is 8.66. The molecule has 2 unspecified atom stereocenters. The van der Waals surface area contributed by atoms with E-state index in [1.807, 2.05) is 6.92 Å². The Labute approximate surface area is 236 Å². The summed E-state index contributed by atoms with van der Waals surface area (Å²) in [5.74, 6) is -14.7. The van der Waals surface area contributed by atoms with Gasteiger partial charge in [0, 0.05) is 17.6 Å². The van der Waals surface area contributed by atoms with E-state index in [1.54, 1.807) is 6.92 Å². The van der Waals surface area contributed by atoms with Gasteiger partial charge >= 0.3 is 5.97 Å². The molecule has 0 aliphatic heterocycles. The van der Waals surface area contributed by atoms with Gasteiger partial charge in [0.1, 0.15) is 5.75 Å². The average molecular weight is 571 g/mol. The molecule has 220 valence electrons. The molecule has 0 heterocycles. The molecular formula is C29H34N2O10. The van der Waals surface area contributed by atoms with Crippen LogP contribution in [0.25, 0.3) is 6.08 Å². The van der Waals surface area contributed by atoms with E-state index in [-0.39, 0.29) is 17.7 Å². The molecule has 3 aliphatic rings. The summed E-state index contributed by atoms with van der Waals surface area (Å²) in [6.07, 6.45) is 2.14. The Hall–Kier alpha value is -3.74. The molecule has 2 saturated carbocycles. The summed E-state index contributed by atoms with van der Waals surface area (Å²) in [5, 5.41) is 34.3. The van der Waals surface area contributed by atoms with Crippen molar-refractivity contribution in [1.82, 2.24) is 4.90 Å². The molecule has 2 fully saturated rings. The van der Waals surface area contributed by atoms with Gasteiger partial charge in [-0.25, -0.2) is 4.79 Å². The summed E-state index contributed by atoms with van der Waals surface area (Å²) >= 11 is 0. The third kappa shape index (κ3) is 4.50. The van der Waals surface area contributed by atoms with Crippen molar-refractivity contribution < 1.29 is 48.8 Å². The van der Waals surface area contributed by atoms with Crippen molar-refractivity contribution in [3.63, 3.8) is 0 Å². The Morgan fingerprint density at radius 3 is 2.39 bits per heavy atom. The van der Waals surface area contributed by atoms with Gasteiger partial charge in [0.05, 0.1) is 36.2 Å². The first-order chi connectivity index (χ1) is 19.2. The zero-order valence-electron chi connectivity index (χ0n) is 23.2. The van der Waals surface area contributed by atoms with Crippen LogP contribution in [0.1, 0.15) is 54.1 Å². The van der Waals surface area contributed by atoms with Crippen molar-refractivity contribution in [2.45, 2.75) is 50.4 Å². The third-order valence-corrected chi connectivity index (χ3v) is 8.66. The van der Waals surface area contributed by atoms with E-state index in [2.05, 4.69) is 0 Å². The number of ether oxygens (including phenoxy) is 1. The van der Waals surface area contributed by atoms with E-state index < -0.39 is 88.1 Å². The summed E-state index contributed by atoms with van der Waals surface area (Å²) < 4.78 is 5.05. The topological polar surface area (TPSA) is 202 Å². The Kier molecular flexibility index (Phi) is 8.05. The standard InChI is InChI=1S/C29H34N2O10/c1-5-6-11-41-15(32)10-8-13-7-9-14-12(2)16-18(23(34)17(14)22(13)33)26(37)29(40)20(24(16)35)21(31(3)4)25(36)19(27(29)38)28(30)39/h7-10,12,16,18-21,24,33,35,40H,5-6,11H2,1-4H3,(H2,30,39)/t12-,16+,18?,19?,20+,21-,24-,29-/m1/s1. The van der Waals surface area contributed by atoms with Gasteiger partial charge in [0.25, 0.3) is 0 Å². The number of hydrogen-bond donors (Lipinski definition) is 4. The highest BCUT2D eigenvalue weighted by Crippen LogP contribution is 2.54. The normalized spacial score (nSPS) is 33.0. The fraction of sp³-hybridized carbons (Fsp3) is 0.517. The van der Waals surface area contributed by atoms with Crippen LogP contribution in [0.4, 0.5) is 0 Å². The number of aliphatic hydroxyl groups excluding tert-OH is 1. The van der Waals surface area contributed by atoms with E-state index in [4.69, 9.17) is 10.5 Å². The summed E-state index contributed by atoms with van der Waals surface area (Å²) in [6.45, 7) is 3.78. The minimum atomic E-state index is -3.06. The molecule has 8 atom stereocenters. The smallest absolute Gasteiger partial charge is 0.330 e. The Bertz CT molecular complexity index is 1370. The number of hydrogen-bond acceptors (Lipinski definition) is 11. The number of carbonyl (C=O) groups is 6. The fourth-order valence-corrected chi connectivity index (χ4v) is 6.66. The minimum absolute atomic E-state index is 0.0800. The number of esters is 1. The van der Waals surface area contributed by atoms with Crippen molar-refractivity contribution in [2.24, 2.45) is 29.4 Å². The fourth-order valence-electron chi connectivity index (χ4n) is 6.66.